The Balaban J connectivity index is 3.90. The first kappa shape index (κ1) is 68.2. The van der Waals surface area contributed by atoms with Crippen LogP contribution in [0.3, 0.4) is 0 Å². The summed E-state index contributed by atoms with van der Waals surface area (Å²) in [5.74, 6) is -0.798. The van der Waals surface area contributed by atoms with E-state index in [4.69, 9.17) is 18.5 Å². The quantitative estimate of drug-likeness (QED) is 0.0211. The summed E-state index contributed by atoms with van der Waals surface area (Å²) in [6.45, 7) is 4.28. The Hall–Kier alpha value is -2.81. The molecule has 0 fully saturated rings. The number of rotatable bonds is 52. The van der Waals surface area contributed by atoms with Crippen LogP contribution >= 0.6 is 7.82 Å². The summed E-state index contributed by atoms with van der Waals surface area (Å²) >= 11 is 0. The predicted molar refractivity (Wildman–Crippen MR) is 302 cm³/mol. The minimum absolute atomic E-state index is 0.0314. The Kier molecular flexibility index (Phi) is 50.0. The van der Waals surface area contributed by atoms with Crippen molar-refractivity contribution in [3.8, 4) is 0 Å². The molecule has 0 aliphatic rings. The Morgan fingerprint density at radius 3 is 1.20 bits per heavy atom. The van der Waals surface area contributed by atoms with Crippen molar-refractivity contribution in [1.29, 1.82) is 0 Å². The monoisotopic (exact) mass is 1010 g/mol. The fraction of sp³-hybridized carbons (Fsp3) is 0.738. The molecule has 10 heteroatoms. The molecular formula is C61H109NO8P+. The summed E-state index contributed by atoms with van der Waals surface area (Å²) in [5.41, 5.74) is 0. The zero-order valence-corrected chi connectivity index (χ0v) is 47.3. The van der Waals surface area contributed by atoms with Gasteiger partial charge in [-0.3, -0.25) is 18.6 Å². The number of phosphoric acid groups is 1. The Labute approximate surface area is 437 Å². The van der Waals surface area contributed by atoms with E-state index in [-0.39, 0.29) is 32.0 Å². The Bertz CT molecular complexity index is 1470. The van der Waals surface area contributed by atoms with Gasteiger partial charge in [-0.2, -0.15) is 0 Å². The predicted octanol–water partition coefficient (Wildman–Crippen LogP) is 17.9. The molecule has 0 saturated heterocycles. The minimum atomic E-state index is -4.37. The van der Waals surface area contributed by atoms with Gasteiger partial charge in [0.2, 0.25) is 0 Å². The van der Waals surface area contributed by atoms with Crippen molar-refractivity contribution in [2.75, 3.05) is 47.5 Å². The standard InChI is InChI=1S/C61H108NO8P/c1-6-8-10-12-14-16-17-18-19-20-21-22-23-24-25-26-27-28-29-30-31-32-33-34-35-36-37-38-39-40-41-42-43-44-45-46-48-50-52-54-61(64)70-59(58-69-71(65,66)68-56-55-62(3,4)5)57-67-60(63)53-51-49-47-15-13-11-9-7-2/h8,10,14,16,18-19,21-22,24-25,27-28,30-31,59H,6-7,9,11-13,15,17,20,23,26,29,32-58H2,1-5H3/p+1/b10-8-,16-14-,19-18-,22-21-,25-24-,28-27-,31-30-. The van der Waals surface area contributed by atoms with Crippen LogP contribution in [0.1, 0.15) is 239 Å². The average molecular weight is 1020 g/mol. The van der Waals surface area contributed by atoms with Gasteiger partial charge >= 0.3 is 19.8 Å². The van der Waals surface area contributed by atoms with Crippen molar-refractivity contribution < 1.29 is 42.1 Å². The number of allylic oxidation sites excluding steroid dienone is 14. The molecule has 1 N–H and O–H groups in total. The molecule has 0 aromatic heterocycles. The number of hydrogen-bond donors (Lipinski definition) is 1. The van der Waals surface area contributed by atoms with Crippen LogP contribution in [0.25, 0.3) is 0 Å². The maximum Gasteiger partial charge on any atom is 0.472 e. The number of esters is 2. The van der Waals surface area contributed by atoms with Crippen molar-refractivity contribution >= 4 is 19.8 Å². The van der Waals surface area contributed by atoms with Gasteiger partial charge in [-0.05, 0) is 70.6 Å². The van der Waals surface area contributed by atoms with E-state index in [0.717, 1.165) is 77.0 Å². The molecule has 0 saturated carbocycles. The summed E-state index contributed by atoms with van der Waals surface area (Å²) in [5, 5.41) is 0. The fourth-order valence-corrected chi connectivity index (χ4v) is 8.50. The molecule has 0 heterocycles. The summed E-state index contributed by atoms with van der Waals surface area (Å²) in [6.07, 6.45) is 69.8. The van der Waals surface area contributed by atoms with Gasteiger partial charge in [-0.25, -0.2) is 4.57 Å². The van der Waals surface area contributed by atoms with Crippen molar-refractivity contribution in [3.05, 3.63) is 85.1 Å². The van der Waals surface area contributed by atoms with E-state index in [0.29, 0.717) is 17.4 Å². The van der Waals surface area contributed by atoms with E-state index in [1.807, 2.05) is 21.1 Å². The Morgan fingerprint density at radius 2 is 0.803 bits per heavy atom. The summed E-state index contributed by atoms with van der Waals surface area (Å²) in [4.78, 5) is 35.4. The smallest absolute Gasteiger partial charge is 0.462 e. The van der Waals surface area contributed by atoms with Crippen LogP contribution in [0.4, 0.5) is 0 Å². The van der Waals surface area contributed by atoms with Gasteiger partial charge in [-0.1, -0.05) is 240 Å². The first-order valence-corrected chi connectivity index (χ1v) is 30.3. The second-order valence-electron chi connectivity index (χ2n) is 20.3. The highest BCUT2D eigenvalue weighted by molar-refractivity contribution is 7.47. The third kappa shape index (κ3) is 56.3. The van der Waals surface area contributed by atoms with Gasteiger partial charge in [0.05, 0.1) is 27.7 Å². The van der Waals surface area contributed by atoms with E-state index in [9.17, 15) is 19.0 Å². The number of likely N-dealkylation sites (N-methyl/N-ethyl adjacent to an activating group) is 1. The molecule has 71 heavy (non-hydrogen) atoms. The van der Waals surface area contributed by atoms with Crippen LogP contribution in [0.2, 0.25) is 0 Å². The second-order valence-corrected chi connectivity index (χ2v) is 21.8. The number of quaternary nitrogens is 1. The topological polar surface area (TPSA) is 108 Å². The zero-order valence-electron chi connectivity index (χ0n) is 46.4. The number of unbranched alkanes of at least 4 members (excludes halogenated alkanes) is 24. The normalized spacial score (nSPS) is 13.9. The average Bonchev–Trinajstić information content (AvgIpc) is 3.33. The lowest BCUT2D eigenvalue weighted by Crippen LogP contribution is -2.37. The lowest BCUT2D eigenvalue weighted by molar-refractivity contribution is -0.870. The van der Waals surface area contributed by atoms with Crippen molar-refractivity contribution in [2.24, 2.45) is 0 Å². The van der Waals surface area contributed by atoms with Gasteiger partial charge in [0.15, 0.2) is 6.10 Å². The van der Waals surface area contributed by atoms with Gasteiger partial charge < -0.3 is 18.9 Å². The van der Waals surface area contributed by atoms with Crippen molar-refractivity contribution in [1.82, 2.24) is 0 Å². The van der Waals surface area contributed by atoms with E-state index in [1.54, 1.807) is 0 Å². The molecule has 0 rings (SSSR count). The molecule has 0 aromatic rings. The third-order valence-electron chi connectivity index (χ3n) is 12.2. The highest BCUT2D eigenvalue weighted by atomic mass is 31.2. The number of hydrogen-bond acceptors (Lipinski definition) is 7. The molecule has 0 radical (unpaired) electrons. The van der Waals surface area contributed by atoms with Crippen LogP contribution in [-0.4, -0.2) is 74.9 Å². The van der Waals surface area contributed by atoms with Gasteiger partial charge in [0, 0.05) is 12.8 Å². The maximum absolute atomic E-state index is 12.7. The molecule has 0 amide bonds. The van der Waals surface area contributed by atoms with E-state index >= 15 is 0 Å². The molecule has 2 unspecified atom stereocenters. The molecule has 2 atom stereocenters. The van der Waals surface area contributed by atoms with Gasteiger partial charge in [-0.15, -0.1) is 0 Å². The van der Waals surface area contributed by atoms with E-state index < -0.39 is 26.5 Å². The summed E-state index contributed by atoms with van der Waals surface area (Å²) in [6, 6.07) is 0. The Morgan fingerprint density at radius 1 is 0.451 bits per heavy atom. The molecule has 410 valence electrons. The van der Waals surface area contributed by atoms with Crippen LogP contribution < -0.4 is 0 Å². The molecule has 0 spiro atoms. The maximum atomic E-state index is 12.7. The highest BCUT2D eigenvalue weighted by Gasteiger charge is 2.27. The number of carbonyl (C=O) groups excluding carboxylic acids is 2. The lowest BCUT2D eigenvalue weighted by atomic mass is 10.0. The van der Waals surface area contributed by atoms with Gasteiger partial charge in [0.25, 0.3) is 0 Å². The summed E-state index contributed by atoms with van der Waals surface area (Å²) in [7, 11) is 1.48. The van der Waals surface area contributed by atoms with Crippen molar-refractivity contribution in [2.45, 2.75) is 245 Å². The number of carbonyl (C=O) groups is 2. The summed E-state index contributed by atoms with van der Waals surface area (Å²) < 4.78 is 34.4. The van der Waals surface area contributed by atoms with Gasteiger partial charge in [0.1, 0.15) is 19.8 Å². The number of nitrogens with zero attached hydrogens (tertiary/aromatic N) is 1. The molecular weight excluding hydrogens is 906 g/mol. The van der Waals surface area contributed by atoms with Crippen LogP contribution in [-0.2, 0) is 32.7 Å². The second kappa shape index (κ2) is 52.1. The molecule has 0 aliphatic heterocycles. The molecule has 0 aliphatic carbocycles. The molecule has 9 nitrogen and oxygen atoms in total. The first-order valence-electron chi connectivity index (χ1n) is 28.8. The largest absolute Gasteiger partial charge is 0.472 e. The third-order valence-corrected chi connectivity index (χ3v) is 13.2. The molecule has 0 aromatic carbocycles. The first-order chi connectivity index (χ1) is 34.5. The van der Waals surface area contributed by atoms with Crippen LogP contribution in [0.15, 0.2) is 85.1 Å². The fourth-order valence-electron chi connectivity index (χ4n) is 7.76. The van der Waals surface area contributed by atoms with E-state index in [1.165, 1.54) is 128 Å². The SMILES string of the molecule is CC/C=C\C/C=C\C/C=C\C/C=C\C/C=C\C/C=C\C/C=C\CCCCCCCCCCCCCCCCCCCC(=O)OC(COC(=O)CCCCCCCCCC)COP(=O)(O)OCC[N+](C)(C)C. The molecule has 0 bridgehead atoms. The number of ether oxygens (including phenoxy) is 2. The minimum Gasteiger partial charge on any atom is -0.462 e. The van der Waals surface area contributed by atoms with Crippen molar-refractivity contribution in [3.63, 3.8) is 0 Å². The van der Waals surface area contributed by atoms with Crippen LogP contribution in [0.5, 0.6) is 0 Å². The zero-order chi connectivity index (χ0) is 52.0. The highest BCUT2D eigenvalue weighted by Crippen LogP contribution is 2.43. The number of phosphoric ester groups is 1. The van der Waals surface area contributed by atoms with Crippen LogP contribution in [0, 0.1) is 0 Å². The lowest BCUT2D eigenvalue weighted by Gasteiger charge is -2.24. The van der Waals surface area contributed by atoms with E-state index in [2.05, 4.69) is 98.9 Å².